The number of carbonyl (C=O) groups excluding carboxylic acids is 1. The van der Waals surface area contributed by atoms with Crippen molar-refractivity contribution < 1.29 is 14.7 Å². The van der Waals surface area contributed by atoms with Gasteiger partial charge in [0, 0.05) is 6.54 Å². The van der Waals surface area contributed by atoms with Crippen LogP contribution in [0, 0.1) is 0 Å². The van der Waals surface area contributed by atoms with Crippen molar-refractivity contribution in [2.75, 3.05) is 6.54 Å². The van der Waals surface area contributed by atoms with Gasteiger partial charge in [-0.15, -0.1) is 12.4 Å². The molecule has 0 aromatic rings. The van der Waals surface area contributed by atoms with Crippen LogP contribution in [-0.2, 0) is 4.79 Å². The van der Waals surface area contributed by atoms with Crippen LogP contribution >= 0.6 is 12.4 Å². The van der Waals surface area contributed by atoms with Crippen molar-refractivity contribution in [3.05, 3.63) is 0 Å². The van der Waals surface area contributed by atoms with Gasteiger partial charge in [-0.05, 0) is 19.3 Å². The number of rotatable bonds is 6. The Balaban J connectivity index is 0. The summed E-state index contributed by atoms with van der Waals surface area (Å²) in [5.74, 6) is -0.997. The number of urea groups is 1. The largest absolute Gasteiger partial charge is 0.480 e. The highest BCUT2D eigenvalue weighted by molar-refractivity contribution is 5.85. The first-order valence-corrected chi connectivity index (χ1v) is 4.05. The number of aliphatic carboxylic acids is 1. The van der Waals surface area contributed by atoms with E-state index >= 15 is 0 Å². The SMILES string of the molecule is Cl.NC(=O)NCCCCC(N)C(=O)O. The lowest BCUT2D eigenvalue weighted by atomic mass is 10.1. The molecule has 1 unspecified atom stereocenters. The number of hydrogen-bond donors (Lipinski definition) is 4. The van der Waals surface area contributed by atoms with Gasteiger partial charge in [0.05, 0.1) is 0 Å². The Labute approximate surface area is 88.4 Å². The molecule has 0 aromatic heterocycles. The summed E-state index contributed by atoms with van der Waals surface area (Å²) in [6.45, 7) is 0.460. The Kier molecular flexibility index (Phi) is 9.48. The molecule has 1 atom stereocenters. The number of hydrogen-bond acceptors (Lipinski definition) is 3. The second kappa shape index (κ2) is 8.58. The highest BCUT2D eigenvalue weighted by atomic mass is 35.5. The summed E-state index contributed by atoms with van der Waals surface area (Å²) in [5, 5.41) is 10.8. The van der Waals surface area contributed by atoms with Gasteiger partial charge in [-0.1, -0.05) is 0 Å². The average molecular weight is 226 g/mol. The predicted octanol–water partition coefficient (Wildman–Crippen LogP) is -0.341. The van der Waals surface area contributed by atoms with Gasteiger partial charge in [-0.3, -0.25) is 4.79 Å². The van der Waals surface area contributed by atoms with E-state index in [9.17, 15) is 9.59 Å². The number of nitrogens with two attached hydrogens (primary N) is 2. The van der Waals surface area contributed by atoms with Crippen LogP contribution in [0.4, 0.5) is 4.79 Å². The quantitative estimate of drug-likeness (QED) is 0.463. The van der Waals surface area contributed by atoms with Crippen LogP contribution in [0.5, 0.6) is 0 Å². The van der Waals surface area contributed by atoms with Crippen molar-refractivity contribution in [1.29, 1.82) is 0 Å². The minimum atomic E-state index is -0.997. The number of halogens is 1. The van der Waals surface area contributed by atoms with Gasteiger partial charge >= 0.3 is 12.0 Å². The zero-order chi connectivity index (χ0) is 10.3. The van der Waals surface area contributed by atoms with E-state index in [1.165, 1.54) is 0 Å². The number of carbonyl (C=O) groups is 2. The molecular formula is C7H16ClN3O3. The van der Waals surface area contributed by atoms with Crippen LogP contribution in [-0.4, -0.2) is 29.7 Å². The summed E-state index contributed by atoms with van der Waals surface area (Å²) in [6, 6.07) is -1.38. The molecule has 0 aromatic carbocycles. The third-order valence-corrected chi connectivity index (χ3v) is 1.56. The number of primary amides is 1. The molecule has 84 valence electrons. The Morgan fingerprint density at radius 2 is 1.93 bits per heavy atom. The molecule has 0 saturated heterocycles. The van der Waals surface area contributed by atoms with Crippen molar-refractivity contribution in [3.8, 4) is 0 Å². The zero-order valence-corrected chi connectivity index (χ0v) is 8.55. The van der Waals surface area contributed by atoms with Crippen molar-refractivity contribution in [2.45, 2.75) is 25.3 Å². The molecular weight excluding hydrogens is 210 g/mol. The second-order valence-corrected chi connectivity index (χ2v) is 2.73. The summed E-state index contributed by atoms with van der Waals surface area (Å²) in [4.78, 5) is 20.5. The molecule has 0 fully saturated rings. The zero-order valence-electron chi connectivity index (χ0n) is 7.73. The average Bonchev–Trinajstić information content (AvgIpc) is 2.02. The molecule has 0 heterocycles. The van der Waals surface area contributed by atoms with E-state index in [0.717, 1.165) is 0 Å². The topological polar surface area (TPSA) is 118 Å². The minimum Gasteiger partial charge on any atom is -0.480 e. The maximum Gasteiger partial charge on any atom is 0.320 e. The van der Waals surface area contributed by atoms with Gasteiger partial charge < -0.3 is 21.9 Å². The van der Waals surface area contributed by atoms with Crippen molar-refractivity contribution in [1.82, 2.24) is 5.32 Å². The Hall–Kier alpha value is -1.01. The molecule has 0 aliphatic carbocycles. The van der Waals surface area contributed by atoms with Gasteiger partial charge in [-0.25, -0.2) is 4.79 Å². The summed E-state index contributed by atoms with van der Waals surface area (Å²) in [6.07, 6.45) is 1.76. The lowest BCUT2D eigenvalue weighted by molar-refractivity contribution is -0.138. The van der Waals surface area contributed by atoms with Crippen LogP contribution in [0.2, 0.25) is 0 Å². The van der Waals surface area contributed by atoms with E-state index in [-0.39, 0.29) is 12.4 Å². The lowest BCUT2D eigenvalue weighted by Gasteiger charge is -2.05. The van der Waals surface area contributed by atoms with E-state index in [1.807, 2.05) is 0 Å². The number of amides is 2. The predicted molar refractivity (Wildman–Crippen MR) is 54.3 cm³/mol. The van der Waals surface area contributed by atoms with E-state index in [2.05, 4.69) is 5.32 Å². The van der Waals surface area contributed by atoms with Crippen LogP contribution in [0.25, 0.3) is 0 Å². The first-order chi connectivity index (χ1) is 6.04. The van der Waals surface area contributed by atoms with Crippen molar-refractivity contribution >= 4 is 24.4 Å². The second-order valence-electron chi connectivity index (χ2n) is 2.73. The third kappa shape index (κ3) is 9.08. The van der Waals surface area contributed by atoms with E-state index in [0.29, 0.717) is 25.8 Å². The summed E-state index contributed by atoms with van der Waals surface area (Å²) >= 11 is 0. The Bertz CT molecular complexity index is 189. The van der Waals surface area contributed by atoms with Crippen LogP contribution < -0.4 is 16.8 Å². The first-order valence-electron chi connectivity index (χ1n) is 4.05. The number of nitrogens with one attached hydrogen (secondary N) is 1. The van der Waals surface area contributed by atoms with Gasteiger partial charge in [0.25, 0.3) is 0 Å². The maximum atomic E-state index is 10.3. The van der Waals surface area contributed by atoms with Crippen molar-refractivity contribution in [3.63, 3.8) is 0 Å². The maximum absolute atomic E-state index is 10.3. The lowest BCUT2D eigenvalue weighted by Crippen LogP contribution is -2.31. The molecule has 2 amide bonds. The molecule has 0 radical (unpaired) electrons. The third-order valence-electron chi connectivity index (χ3n) is 1.56. The summed E-state index contributed by atoms with van der Waals surface area (Å²) in [5.41, 5.74) is 10.1. The van der Waals surface area contributed by atoms with Crippen molar-refractivity contribution in [2.24, 2.45) is 11.5 Å². The highest BCUT2D eigenvalue weighted by Gasteiger charge is 2.09. The molecule has 0 rings (SSSR count). The molecule has 0 aliphatic rings. The number of unbranched alkanes of at least 4 members (excludes halogenated alkanes) is 1. The van der Waals surface area contributed by atoms with Gasteiger partial charge in [0.2, 0.25) is 0 Å². The van der Waals surface area contributed by atoms with E-state index < -0.39 is 18.0 Å². The number of carboxylic acid groups (broad SMARTS) is 1. The Morgan fingerprint density at radius 1 is 1.36 bits per heavy atom. The van der Waals surface area contributed by atoms with E-state index in [4.69, 9.17) is 16.6 Å². The van der Waals surface area contributed by atoms with Crippen LogP contribution in [0.3, 0.4) is 0 Å². The first kappa shape index (κ1) is 15.5. The van der Waals surface area contributed by atoms with Gasteiger partial charge in [0.15, 0.2) is 0 Å². The van der Waals surface area contributed by atoms with Crippen LogP contribution in [0.1, 0.15) is 19.3 Å². The molecule has 7 heteroatoms. The molecule has 6 N–H and O–H groups in total. The Morgan fingerprint density at radius 3 is 2.36 bits per heavy atom. The van der Waals surface area contributed by atoms with Gasteiger partial charge in [-0.2, -0.15) is 0 Å². The van der Waals surface area contributed by atoms with Crippen LogP contribution in [0.15, 0.2) is 0 Å². The normalized spacial score (nSPS) is 11.2. The summed E-state index contributed by atoms with van der Waals surface area (Å²) < 4.78 is 0. The smallest absolute Gasteiger partial charge is 0.320 e. The molecule has 0 spiro atoms. The van der Waals surface area contributed by atoms with Gasteiger partial charge in [0.1, 0.15) is 6.04 Å². The fourth-order valence-corrected chi connectivity index (χ4v) is 0.824. The van der Waals surface area contributed by atoms with E-state index in [1.54, 1.807) is 0 Å². The highest BCUT2D eigenvalue weighted by Crippen LogP contribution is 1.97. The molecule has 6 nitrogen and oxygen atoms in total. The minimum absolute atomic E-state index is 0. The molecule has 0 bridgehead atoms. The fraction of sp³-hybridized carbons (Fsp3) is 0.714. The molecule has 0 saturated carbocycles. The number of carboxylic acids is 1. The fourth-order valence-electron chi connectivity index (χ4n) is 0.824. The standard InChI is InChI=1S/C7H15N3O3.ClH/c8-5(6(11)12)3-1-2-4-10-7(9)13;/h5H,1-4,8H2,(H,11,12)(H3,9,10,13);1H. The molecule has 0 aliphatic heterocycles. The molecule has 14 heavy (non-hydrogen) atoms. The summed E-state index contributed by atoms with van der Waals surface area (Å²) in [7, 11) is 0. The monoisotopic (exact) mass is 225 g/mol.